The second-order valence-corrected chi connectivity index (χ2v) is 7.38. The second kappa shape index (κ2) is 6.96. The first-order valence-electron chi connectivity index (χ1n) is 8.53. The minimum atomic E-state index is -0.436. The first-order chi connectivity index (χ1) is 13.0. The number of thiophene rings is 1. The Morgan fingerprint density at radius 2 is 2.22 bits per heavy atom. The molecule has 0 atom stereocenters. The standard InChI is InChI=1S/C19H18N4O3S/c1-11(2)23-17-15(8-20-23)14(7-12(3)21-17)19(24)26-10-13-9-25-18(22-13)16-5-4-6-27-16/h4-9,11H,10H2,1-3H3. The Balaban J connectivity index is 1.55. The maximum atomic E-state index is 12.7. The zero-order chi connectivity index (χ0) is 19.0. The first kappa shape index (κ1) is 17.4. The highest BCUT2D eigenvalue weighted by atomic mass is 32.1. The lowest BCUT2D eigenvalue weighted by Crippen LogP contribution is -2.08. The van der Waals surface area contributed by atoms with Crippen LogP contribution < -0.4 is 0 Å². The van der Waals surface area contributed by atoms with E-state index in [0.717, 1.165) is 10.6 Å². The summed E-state index contributed by atoms with van der Waals surface area (Å²) < 4.78 is 12.7. The third-order valence-electron chi connectivity index (χ3n) is 4.04. The van der Waals surface area contributed by atoms with Crippen molar-refractivity contribution >= 4 is 28.3 Å². The number of rotatable bonds is 5. The minimum Gasteiger partial charge on any atom is -0.455 e. The number of ether oxygens (including phenoxy) is 1. The van der Waals surface area contributed by atoms with Crippen LogP contribution in [-0.2, 0) is 11.3 Å². The van der Waals surface area contributed by atoms with E-state index in [1.165, 1.54) is 17.6 Å². The van der Waals surface area contributed by atoms with Crippen LogP contribution in [0, 0.1) is 6.92 Å². The summed E-state index contributed by atoms with van der Waals surface area (Å²) in [5.41, 5.74) is 2.43. The summed E-state index contributed by atoms with van der Waals surface area (Å²) in [6.45, 7) is 5.92. The van der Waals surface area contributed by atoms with Gasteiger partial charge in [-0.25, -0.2) is 19.4 Å². The number of aromatic nitrogens is 4. The molecular weight excluding hydrogens is 364 g/mol. The van der Waals surface area contributed by atoms with Crippen molar-refractivity contribution in [2.24, 2.45) is 0 Å². The van der Waals surface area contributed by atoms with Crippen LogP contribution in [0.2, 0.25) is 0 Å². The molecule has 0 aromatic carbocycles. The third-order valence-corrected chi connectivity index (χ3v) is 4.90. The van der Waals surface area contributed by atoms with Gasteiger partial charge in [-0.3, -0.25) is 0 Å². The van der Waals surface area contributed by atoms with E-state index in [0.29, 0.717) is 28.2 Å². The van der Waals surface area contributed by atoms with Crippen LogP contribution in [-0.4, -0.2) is 25.7 Å². The summed E-state index contributed by atoms with van der Waals surface area (Å²) in [6.07, 6.45) is 3.16. The summed E-state index contributed by atoms with van der Waals surface area (Å²) in [6, 6.07) is 5.72. The maximum absolute atomic E-state index is 12.7. The van der Waals surface area contributed by atoms with Gasteiger partial charge < -0.3 is 9.15 Å². The minimum absolute atomic E-state index is 0.0366. The van der Waals surface area contributed by atoms with Crippen molar-refractivity contribution in [2.75, 3.05) is 0 Å². The number of hydrogen-bond acceptors (Lipinski definition) is 7. The zero-order valence-electron chi connectivity index (χ0n) is 15.2. The van der Waals surface area contributed by atoms with Gasteiger partial charge in [0.1, 0.15) is 18.6 Å². The van der Waals surface area contributed by atoms with Gasteiger partial charge in [0, 0.05) is 11.7 Å². The van der Waals surface area contributed by atoms with Crippen LogP contribution >= 0.6 is 11.3 Å². The number of carbonyl (C=O) groups is 1. The monoisotopic (exact) mass is 382 g/mol. The van der Waals surface area contributed by atoms with E-state index in [1.807, 2.05) is 38.3 Å². The van der Waals surface area contributed by atoms with Gasteiger partial charge in [0.05, 0.1) is 22.0 Å². The van der Waals surface area contributed by atoms with Crippen molar-refractivity contribution in [3.8, 4) is 10.8 Å². The lowest BCUT2D eigenvalue weighted by molar-refractivity contribution is 0.0470. The normalized spacial score (nSPS) is 11.4. The number of esters is 1. The topological polar surface area (TPSA) is 83.0 Å². The third kappa shape index (κ3) is 3.35. The van der Waals surface area contributed by atoms with Crippen LogP contribution in [0.3, 0.4) is 0 Å². The number of hydrogen-bond donors (Lipinski definition) is 0. The Hall–Kier alpha value is -3.00. The molecule has 0 saturated carbocycles. The Morgan fingerprint density at radius 3 is 2.96 bits per heavy atom. The zero-order valence-corrected chi connectivity index (χ0v) is 16.0. The summed E-state index contributed by atoms with van der Waals surface area (Å²) in [7, 11) is 0. The van der Waals surface area contributed by atoms with Crippen LogP contribution in [0.5, 0.6) is 0 Å². The summed E-state index contributed by atoms with van der Waals surface area (Å²) >= 11 is 1.54. The average molecular weight is 382 g/mol. The van der Waals surface area contributed by atoms with Crippen molar-refractivity contribution in [3.05, 3.63) is 53.0 Å². The number of aryl methyl sites for hydroxylation is 1. The first-order valence-corrected chi connectivity index (χ1v) is 9.41. The SMILES string of the molecule is Cc1cc(C(=O)OCc2coc(-c3cccs3)n2)c2cnn(C(C)C)c2n1. The fourth-order valence-corrected chi connectivity index (χ4v) is 3.45. The Labute approximate surface area is 159 Å². The molecule has 0 aliphatic heterocycles. The second-order valence-electron chi connectivity index (χ2n) is 6.43. The van der Waals surface area contributed by atoms with Gasteiger partial charge in [0.15, 0.2) is 5.65 Å². The van der Waals surface area contributed by atoms with E-state index in [9.17, 15) is 4.79 Å². The quantitative estimate of drug-likeness (QED) is 0.476. The van der Waals surface area contributed by atoms with Crippen LogP contribution in [0.4, 0.5) is 0 Å². The van der Waals surface area contributed by atoms with Gasteiger partial charge >= 0.3 is 5.97 Å². The molecule has 0 unspecified atom stereocenters. The fraction of sp³-hybridized carbons (Fsp3) is 0.263. The predicted molar refractivity (Wildman–Crippen MR) is 102 cm³/mol. The molecule has 0 saturated heterocycles. The molecule has 0 amide bonds. The Kier molecular flexibility index (Phi) is 4.49. The molecule has 4 rings (SSSR count). The molecule has 8 heteroatoms. The molecule has 0 fully saturated rings. The van der Waals surface area contributed by atoms with Gasteiger partial charge in [-0.2, -0.15) is 5.10 Å². The van der Waals surface area contributed by atoms with Gasteiger partial charge in [-0.1, -0.05) is 6.07 Å². The van der Waals surface area contributed by atoms with Gasteiger partial charge in [-0.05, 0) is 38.3 Å². The molecular formula is C19H18N4O3S. The Morgan fingerprint density at radius 1 is 1.37 bits per heavy atom. The predicted octanol–water partition coefficient (Wildman–Crippen LogP) is 4.39. The number of nitrogens with zero attached hydrogens (tertiary/aromatic N) is 4. The highest BCUT2D eigenvalue weighted by Crippen LogP contribution is 2.25. The van der Waals surface area contributed by atoms with E-state index in [4.69, 9.17) is 9.15 Å². The number of fused-ring (bicyclic) bond motifs is 1. The molecule has 0 aliphatic carbocycles. The molecule has 0 bridgehead atoms. The van der Waals surface area contributed by atoms with E-state index in [1.54, 1.807) is 16.9 Å². The van der Waals surface area contributed by atoms with E-state index >= 15 is 0 Å². The average Bonchev–Trinajstić information content (AvgIpc) is 3.37. The van der Waals surface area contributed by atoms with Gasteiger partial charge in [-0.15, -0.1) is 11.3 Å². The maximum Gasteiger partial charge on any atom is 0.339 e. The molecule has 0 spiro atoms. The van der Waals surface area contributed by atoms with Crippen LogP contribution in [0.15, 0.2) is 40.5 Å². The highest BCUT2D eigenvalue weighted by molar-refractivity contribution is 7.13. The summed E-state index contributed by atoms with van der Waals surface area (Å²) in [5.74, 6) is 0.0888. The largest absolute Gasteiger partial charge is 0.455 e. The van der Waals surface area contributed by atoms with Crippen molar-refractivity contribution in [2.45, 2.75) is 33.4 Å². The number of oxazole rings is 1. The molecule has 7 nitrogen and oxygen atoms in total. The summed E-state index contributed by atoms with van der Waals surface area (Å²) in [4.78, 5) is 22.5. The number of pyridine rings is 1. The van der Waals surface area contributed by atoms with Crippen molar-refractivity contribution < 1.29 is 13.9 Å². The van der Waals surface area contributed by atoms with Crippen LogP contribution in [0.25, 0.3) is 21.8 Å². The summed E-state index contributed by atoms with van der Waals surface area (Å²) in [5, 5.41) is 6.98. The number of carbonyl (C=O) groups excluding carboxylic acids is 1. The smallest absolute Gasteiger partial charge is 0.339 e. The highest BCUT2D eigenvalue weighted by Gasteiger charge is 2.18. The Bertz CT molecular complexity index is 1100. The lowest BCUT2D eigenvalue weighted by atomic mass is 10.1. The molecule has 27 heavy (non-hydrogen) atoms. The van der Waals surface area contributed by atoms with Crippen molar-refractivity contribution in [1.82, 2.24) is 19.7 Å². The van der Waals surface area contributed by atoms with Crippen molar-refractivity contribution in [1.29, 1.82) is 0 Å². The van der Waals surface area contributed by atoms with Gasteiger partial charge in [0.2, 0.25) is 5.89 Å². The molecule has 0 radical (unpaired) electrons. The van der Waals surface area contributed by atoms with E-state index in [2.05, 4.69) is 15.1 Å². The fourth-order valence-electron chi connectivity index (χ4n) is 2.79. The van der Waals surface area contributed by atoms with E-state index < -0.39 is 5.97 Å². The molecule has 138 valence electrons. The molecule has 0 N–H and O–H groups in total. The molecule has 4 heterocycles. The molecule has 4 aromatic rings. The molecule has 4 aromatic heterocycles. The van der Waals surface area contributed by atoms with Gasteiger partial charge in [0.25, 0.3) is 0 Å². The lowest BCUT2D eigenvalue weighted by Gasteiger charge is -2.08. The molecule has 0 aliphatic rings. The van der Waals surface area contributed by atoms with Crippen LogP contribution in [0.1, 0.15) is 41.6 Å². The van der Waals surface area contributed by atoms with Crippen molar-refractivity contribution in [3.63, 3.8) is 0 Å². The van der Waals surface area contributed by atoms with E-state index in [-0.39, 0.29) is 12.6 Å².